The molecule has 6 nitrogen and oxygen atoms in total. The molecule has 0 aliphatic carbocycles. The van der Waals surface area contributed by atoms with Gasteiger partial charge in [0, 0.05) is 24.3 Å². The summed E-state index contributed by atoms with van der Waals surface area (Å²) in [6.07, 6.45) is 0.122. The topological polar surface area (TPSA) is 78.5 Å². The first-order chi connectivity index (χ1) is 16.0. The second-order valence-corrected chi connectivity index (χ2v) is 10.4. The molecule has 1 aliphatic heterocycles. The molecule has 4 rings (SSSR count). The number of hydrogen-bond donors (Lipinski definition) is 2. The van der Waals surface area contributed by atoms with Crippen LogP contribution < -0.4 is 10.0 Å². The van der Waals surface area contributed by atoms with E-state index in [1.807, 2.05) is 0 Å². The van der Waals surface area contributed by atoms with Crippen LogP contribution in [0, 0.1) is 11.6 Å². The van der Waals surface area contributed by atoms with Crippen molar-refractivity contribution in [2.24, 2.45) is 0 Å². The molecule has 1 saturated heterocycles. The maximum absolute atomic E-state index is 13.4. The number of benzene rings is 3. The van der Waals surface area contributed by atoms with E-state index >= 15 is 0 Å². The van der Waals surface area contributed by atoms with E-state index in [1.54, 1.807) is 30.3 Å². The van der Waals surface area contributed by atoms with E-state index in [0.717, 1.165) is 10.4 Å². The zero-order valence-corrected chi connectivity index (χ0v) is 20.1. The third kappa shape index (κ3) is 5.08. The van der Waals surface area contributed by atoms with Gasteiger partial charge in [-0.2, -0.15) is 17.4 Å². The van der Waals surface area contributed by atoms with Crippen LogP contribution in [0.15, 0.2) is 60.7 Å². The monoisotopic (exact) mass is 525 g/mol. The predicted octanol–water partition coefficient (Wildman–Crippen LogP) is 5.16. The first kappa shape index (κ1) is 24.6. The summed E-state index contributed by atoms with van der Waals surface area (Å²) in [7, 11) is -2.69. The summed E-state index contributed by atoms with van der Waals surface area (Å²) in [5.74, 6) is -1.69. The number of nitrogens with one attached hydrogen (secondary N) is 2. The van der Waals surface area contributed by atoms with Crippen molar-refractivity contribution in [3.05, 3.63) is 87.9 Å². The first-order valence-corrected chi connectivity index (χ1v) is 12.3. The van der Waals surface area contributed by atoms with Gasteiger partial charge in [-0.1, -0.05) is 41.4 Å². The highest BCUT2D eigenvalue weighted by molar-refractivity contribution is 7.87. The summed E-state index contributed by atoms with van der Waals surface area (Å²) in [6.45, 7) is 0. The van der Waals surface area contributed by atoms with E-state index in [-0.39, 0.29) is 22.2 Å². The number of anilines is 1. The Hall–Kier alpha value is -2.56. The number of rotatable bonds is 4. The Kier molecular flexibility index (Phi) is 6.93. The lowest BCUT2D eigenvalue weighted by molar-refractivity contribution is -0.120. The van der Waals surface area contributed by atoms with Gasteiger partial charge in [-0.15, -0.1) is 0 Å². The summed E-state index contributed by atoms with van der Waals surface area (Å²) in [5, 5.41) is 2.64. The zero-order chi connectivity index (χ0) is 24.6. The fourth-order valence-corrected chi connectivity index (χ4v) is 5.50. The molecule has 0 saturated carbocycles. The fraction of sp³-hybridized carbons (Fsp3) is 0.174. The number of amides is 1. The van der Waals surface area contributed by atoms with Gasteiger partial charge in [0.2, 0.25) is 5.91 Å². The number of carbonyl (C=O) groups is 1. The van der Waals surface area contributed by atoms with E-state index in [0.29, 0.717) is 16.7 Å². The van der Waals surface area contributed by atoms with Crippen molar-refractivity contribution in [2.75, 3.05) is 12.4 Å². The molecule has 2 atom stereocenters. The molecular weight excluding hydrogens is 507 g/mol. The van der Waals surface area contributed by atoms with E-state index in [4.69, 9.17) is 23.2 Å². The fourth-order valence-electron chi connectivity index (χ4n) is 3.77. The molecule has 0 spiro atoms. The Morgan fingerprint density at radius 3 is 2.53 bits per heavy atom. The molecule has 3 aromatic rings. The van der Waals surface area contributed by atoms with Crippen molar-refractivity contribution in [3.63, 3.8) is 0 Å². The summed E-state index contributed by atoms with van der Waals surface area (Å²) in [6, 6.07) is 12.9. The van der Waals surface area contributed by atoms with E-state index < -0.39 is 39.8 Å². The molecule has 178 valence electrons. The van der Waals surface area contributed by atoms with Gasteiger partial charge in [-0.05, 0) is 60.0 Å². The molecule has 0 aromatic heterocycles. The van der Waals surface area contributed by atoms with Gasteiger partial charge in [0.25, 0.3) is 10.2 Å². The molecule has 1 heterocycles. The molecule has 1 aliphatic rings. The highest BCUT2D eigenvalue weighted by atomic mass is 35.5. The predicted molar refractivity (Wildman–Crippen MR) is 128 cm³/mol. The van der Waals surface area contributed by atoms with E-state index in [9.17, 15) is 22.0 Å². The average Bonchev–Trinajstić information content (AvgIpc) is 2.78. The van der Waals surface area contributed by atoms with E-state index in [2.05, 4.69) is 10.0 Å². The van der Waals surface area contributed by atoms with Crippen LogP contribution >= 0.6 is 23.2 Å². The van der Waals surface area contributed by atoms with Gasteiger partial charge < -0.3 is 5.32 Å². The zero-order valence-electron chi connectivity index (χ0n) is 17.7. The molecule has 34 heavy (non-hydrogen) atoms. The number of likely N-dealkylation sites (N-methyl/N-ethyl adjacent to an activating group) is 1. The molecule has 2 N–H and O–H groups in total. The van der Waals surface area contributed by atoms with Crippen LogP contribution in [-0.2, 0) is 15.0 Å². The van der Waals surface area contributed by atoms with Crippen LogP contribution in [0.25, 0.3) is 11.1 Å². The second-order valence-electron chi connectivity index (χ2n) is 7.81. The third-order valence-electron chi connectivity index (χ3n) is 5.59. The summed E-state index contributed by atoms with van der Waals surface area (Å²) >= 11 is 12.0. The molecule has 0 bridgehead atoms. The lowest BCUT2D eigenvalue weighted by atomic mass is 9.95. The molecule has 3 aromatic carbocycles. The van der Waals surface area contributed by atoms with Crippen molar-refractivity contribution in [1.82, 2.24) is 9.03 Å². The Bertz CT molecular complexity index is 1370. The summed E-state index contributed by atoms with van der Waals surface area (Å²) in [5.41, 5.74) is 2.10. The van der Waals surface area contributed by atoms with Crippen LogP contribution in [0.2, 0.25) is 10.0 Å². The SMILES string of the molecule is CN1C(C(=O)Nc2ccc(F)c(Cl)c2)CC(c2cccc(-c3ccc(F)cc3Cl)c2)NS1(=O)=O. The van der Waals surface area contributed by atoms with Crippen molar-refractivity contribution in [2.45, 2.75) is 18.5 Å². The normalized spacial score (nSPS) is 20.1. The number of halogens is 4. The van der Waals surface area contributed by atoms with Gasteiger partial charge in [-0.25, -0.2) is 8.78 Å². The largest absolute Gasteiger partial charge is 0.325 e. The van der Waals surface area contributed by atoms with Gasteiger partial charge in [0.05, 0.1) is 10.0 Å². The highest BCUT2D eigenvalue weighted by Gasteiger charge is 2.40. The first-order valence-electron chi connectivity index (χ1n) is 10.1. The van der Waals surface area contributed by atoms with Crippen molar-refractivity contribution in [1.29, 1.82) is 0 Å². The van der Waals surface area contributed by atoms with Crippen LogP contribution in [0.1, 0.15) is 18.0 Å². The summed E-state index contributed by atoms with van der Waals surface area (Å²) < 4.78 is 56.0. The quantitative estimate of drug-likeness (QED) is 0.493. The molecule has 1 amide bonds. The van der Waals surface area contributed by atoms with Crippen LogP contribution in [0.4, 0.5) is 14.5 Å². The Labute approximate surface area is 205 Å². The lowest BCUT2D eigenvalue weighted by Crippen LogP contribution is -2.55. The Morgan fingerprint density at radius 2 is 1.82 bits per heavy atom. The van der Waals surface area contributed by atoms with E-state index in [1.165, 1.54) is 31.3 Å². The number of nitrogens with zero attached hydrogens (tertiary/aromatic N) is 1. The van der Waals surface area contributed by atoms with Crippen molar-refractivity contribution in [3.8, 4) is 11.1 Å². The maximum Gasteiger partial charge on any atom is 0.280 e. The van der Waals surface area contributed by atoms with Crippen LogP contribution in [0.3, 0.4) is 0 Å². The van der Waals surface area contributed by atoms with Gasteiger partial charge >= 0.3 is 0 Å². The van der Waals surface area contributed by atoms with Crippen molar-refractivity contribution < 1.29 is 22.0 Å². The number of hydrogen-bond acceptors (Lipinski definition) is 3. The minimum absolute atomic E-state index is 0.122. The average molecular weight is 526 g/mol. The minimum Gasteiger partial charge on any atom is -0.325 e. The van der Waals surface area contributed by atoms with Gasteiger partial charge in [0.15, 0.2) is 0 Å². The van der Waals surface area contributed by atoms with Crippen molar-refractivity contribution >= 4 is 45.0 Å². The van der Waals surface area contributed by atoms with Gasteiger partial charge in [0.1, 0.15) is 17.7 Å². The smallest absolute Gasteiger partial charge is 0.280 e. The van der Waals surface area contributed by atoms with Crippen LogP contribution in [-0.4, -0.2) is 31.7 Å². The highest BCUT2D eigenvalue weighted by Crippen LogP contribution is 2.33. The molecule has 1 fully saturated rings. The maximum atomic E-state index is 13.4. The Balaban J connectivity index is 1.62. The van der Waals surface area contributed by atoms with Gasteiger partial charge in [-0.3, -0.25) is 4.79 Å². The lowest BCUT2D eigenvalue weighted by Gasteiger charge is -2.36. The summed E-state index contributed by atoms with van der Waals surface area (Å²) in [4.78, 5) is 13.0. The standard InChI is InChI=1S/C23H19Cl2F2N3O3S/c1-30-22(23(31)28-16-6-8-20(27)19(25)11-16)12-21(29-34(30,32)33)14-4-2-3-13(9-14)17-7-5-15(26)10-18(17)24/h2-11,21-22,29H,12H2,1H3,(H,28,31). The molecule has 2 unspecified atom stereocenters. The number of carbonyl (C=O) groups excluding carboxylic acids is 1. The van der Waals surface area contributed by atoms with Crippen LogP contribution in [0.5, 0.6) is 0 Å². The Morgan fingerprint density at radius 1 is 1.06 bits per heavy atom. The molecule has 0 radical (unpaired) electrons. The second kappa shape index (κ2) is 9.59. The molecular formula is C23H19Cl2F2N3O3S. The molecule has 11 heteroatoms. The third-order valence-corrected chi connectivity index (χ3v) is 7.79. The minimum atomic E-state index is -3.99.